The Hall–Kier alpha value is -1.88. The number of nitrogens with one attached hydrogen (secondary N) is 1. The lowest BCUT2D eigenvalue weighted by Gasteiger charge is -2.44. The predicted molar refractivity (Wildman–Crippen MR) is 74.4 cm³/mol. The summed E-state index contributed by atoms with van der Waals surface area (Å²) in [5.74, 6) is 0.549. The molecule has 2 aromatic rings. The monoisotopic (exact) mass is 270 g/mol. The van der Waals surface area contributed by atoms with Gasteiger partial charge in [0.25, 0.3) is 5.91 Å². The van der Waals surface area contributed by atoms with Gasteiger partial charge in [0.2, 0.25) is 0 Å². The molecule has 0 unspecified atom stereocenters. The van der Waals surface area contributed by atoms with Crippen molar-refractivity contribution >= 4 is 16.9 Å². The number of hydrogen-bond donors (Lipinski definition) is 1. The predicted octanol–water partition coefficient (Wildman–Crippen LogP) is 1.65. The molecule has 3 aliphatic rings. The number of furan rings is 1. The van der Waals surface area contributed by atoms with Gasteiger partial charge >= 0.3 is 0 Å². The number of aromatic nitrogens is 1. The highest BCUT2D eigenvalue weighted by Gasteiger charge is 2.35. The highest BCUT2D eigenvalue weighted by atomic mass is 16.3. The maximum absolute atomic E-state index is 12.3. The number of carbonyl (C=O) groups is 1. The van der Waals surface area contributed by atoms with E-state index in [9.17, 15) is 4.79 Å². The molecule has 0 aromatic carbocycles. The van der Waals surface area contributed by atoms with E-state index in [4.69, 9.17) is 4.42 Å². The second kappa shape index (κ2) is 4.59. The van der Waals surface area contributed by atoms with Gasteiger partial charge in [-0.3, -0.25) is 4.79 Å². The molecule has 1 atom stereocenters. The number of nitrogens with zero attached hydrogens (tertiary/aromatic N) is 2. The molecule has 0 saturated carbocycles. The lowest BCUT2D eigenvalue weighted by molar-refractivity contribution is 0.0618. The molecule has 20 heavy (non-hydrogen) atoms. The molecular weight excluding hydrogens is 253 g/mol. The standard InChI is InChI=1S/C15H17N3O2/c19-15(12-7-11-3-6-20-14(11)8-16-12)17-13-9-18-4-1-10(13)2-5-18/h3,6-8,10,13H,1-2,4-5,9H2,(H,17,19)/t13-/m0/s1/i15-1. The van der Waals surface area contributed by atoms with Gasteiger partial charge in [-0.15, -0.1) is 0 Å². The van der Waals surface area contributed by atoms with Crippen molar-refractivity contribution in [2.24, 2.45) is 5.92 Å². The van der Waals surface area contributed by atoms with E-state index in [0.717, 1.165) is 11.9 Å². The maximum atomic E-state index is 12.3. The second-order valence-corrected chi connectivity index (χ2v) is 5.75. The Labute approximate surface area is 117 Å². The Morgan fingerprint density at radius 3 is 3.00 bits per heavy atom. The Balaban J connectivity index is 1.52. The first-order valence-corrected chi connectivity index (χ1v) is 7.16. The number of pyridine rings is 1. The average molecular weight is 270 g/mol. The maximum Gasteiger partial charge on any atom is 0.270 e. The minimum absolute atomic E-state index is 0.0770. The largest absolute Gasteiger partial charge is 0.463 e. The van der Waals surface area contributed by atoms with Crippen LogP contribution in [0.2, 0.25) is 0 Å². The fourth-order valence-corrected chi connectivity index (χ4v) is 3.36. The molecule has 0 spiro atoms. The third-order valence-electron chi connectivity index (χ3n) is 4.55. The van der Waals surface area contributed by atoms with Crippen molar-refractivity contribution < 1.29 is 9.21 Å². The van der Waals surface area contributed by atoms with Crippen LogP contribution in [-0.4, -0.2) is 41.5 Å². The summed E-state index contributed by atoms with van der Waals surface area (Å²) in [7, 11) is 0. The van der Waals surface area contributed by atoms with E-state index in [2.05, 4.69) is 15.2 Å². The molecule has 2 aromatic heterocycles. The van der Waals surface area contributed by atoms with Crippen LogP contribution >= 0.6 is 0 Å². The smallest absolute Gasteiger partial charge is 0.270 e. The first-order valence-electron chi connectivity index (χ1n) is 7.16. The number of hydrogen-bond acceptors (Lipinski definition) is 4. The third kappa shape index (κ3) is 1.98. The summed E-state index contributed by atoms with van der Waals surface area (Å²) in [6, 6.07) is 3.91. The molecule has 2 bridgehead atoms. The van der Waals surface area contributed by atoms with Crippen molar-refractivity contribution in [3.05, 3.63) is 30.3 Å². The normalized spacial score (nSPS) is 28.7. The molecule has 3 aliphatic heterocycles. The van der Waals surface area contributed by atoms with Crippen LogP contribution in [0.25, 0.3) is 11.0 Å². The summed E-state index contributed by atoms with van der Waals surface area (Å²) < 4.78 is 5.24. The first kappa shape index (κ1) is 11.9. The average Bonchev–Trinajstić information content (AvgIpc) is 2.96. The highest BCUT2D eigenvalue weighted by Crippen LogP contribution is 2.27. The summed E-state index contributed by atoms with van der Waals surface area (Å²) in [5, 5.41) is 4.07. The lowest BCUT2D eigenvalue weighted by atomic mass is 9.81. The minimum Gasteiger partial charge on any atom is -0.463 e. The van der Waals surface area contributed by atoms with Gasteiger partial charge in [-0.2, -0.15) is 0 Å². The van der Waals surface area contributed by atoms with E-state index < -0.39 is 0 Å². The van der Waals surface area contributed by atoms with E-state index in [1.807, 2.05) is 6.07 Å². The van der Waals surface area contributed by atoms with Gasteiger partial charge < -0.3 is 14.6 Å². The lowest BCUT2D eigenvalue weighted by Crippen LogP contribution is -2.57. The van der Waals surface area contributed by atoms with Crippen LogP contribution in [0, 0.1) is 5.92 Å². The van der Waals surface area contributed by atoms with Crippen molar-refractivity contribution in [1.29, 1.82) is 0 Å². The number of piperidine rings is 3. The van der Waals surface area contributed by atoms with Crippen molar-refractivity contribution in [3.8, 4) is 0 Å². The zero-order valence-corrected chi connectivity index (χ0v) is 11.2. The van der Waals surface area contributed by atoms with Gasteiger partial charge in [0, 0.05) is 18.0 Å². The molecule has 1 amide bonds. The summed E-state index contributed by atoms with van der Waals surface area (Å²) >= 11 is 0. The number of carbonyl (C=O) groups excluding carboxylic acids is 1. The van der Waals surface area contributed by atoms with E-state index >= 15 is 0 Å². The van der Waals surface area contributed by atoms with Crippen LogP contribution in [0.1, 0.15) is 23.3 Å². The zero-order chi connectivity index (χ0) is 13.5. The Kier molecular flexibility index (Phi) is 2.73. The molecule has 5 heterocycles. The van der Waals surface area contributed by atoms with E-state index in [-0.39, 0.29) is 11.9 Å². The highest BCUT2D eigenvalue weighted by molar-refractivity contribution is 5.95. The van der Waals surface area contributed by atoms with Crippen molar-refractivity contribution in [2.45, 2.75) is 18.9 Å². The summed E-state index contributed by atoms with van der Waals surface area (Å²) in [6.07, 6.45) is 5.61. The minimum atomic E-state index is -0.0770. The molecule has 3 saturated heterocycles. The van der Waals surface area contributed by atoms with Gasteiger partial charge in [0.15, 0.2) is 5.58 Å². The van der Waals surface area contributed by atoms with Crippen molar-refractivity contribution in [1.82, 2.24) is 15.2 Å². The van der Waals surface area contributed by atoms with E-state index in [0.29, 0.717) is 17.2 Å². The van der Waals surface area contributed by atoms with Gasteiger partial charge in [0.1, 0.15) is 5.69 Å². The van der Waals surface area contributed by atoms with Crippen LogP contribution in [0.15, 0.2) is 29.0 Å². The summed E-state index contributed by atoms with van der Waals surface area (Å²) in [5.41, 5.74) is 1.18. The Morgan fingerprint density at radius 1 is 1.40 bits per heavy atom. The summed E-state index contributed by atoms with van der Waals surface area (Å²) in [6.45, 7) is 3.33. The van der Waals surface area contributed by atoms with Crippen molar-refractivity contribution in [2.75, 3.05) is 19.6 Å². The van der Waals surface area contributed by atoms with Crippen LogP contribution in [0.3, 0.4) is 0 Å². The second-order valence-electron chi connectivity index (χ2n) is 5.75. The van der Waals surface area contributed by atoms with Gasteiger partial charge in [-0.05, 0) is 44.0 Å². The fraction of sp³-hybridized carbons (Fsp3) is 0.467. The molecule has 0 radical (unpaired) electrons. The van der Waals surface area contributed by atoms with E-state index in [1.54, 1.807) is 18.5 Å². The zero-order valence-electron chi connectivity index (χ0n) is 11.2. The molecule has 0 aliphatic carbocycles. The fourth-order valence-electron chi connectivity index (χ4n) is 3.36. The third-order valence-corrected chi connectivity index (χ3v) is 4.55. The van der Waals surface area contributed by atoms with Gasteiger partial charge in [0.05, 0.1) is 12.5 Å². The molecule has 5 rings (SSSR count). The van der Waals surface area contributed by atoms with E-state index in [1.165, 1.54) is 25.9 Å². The Bertz CT molecular complexity index is 643. The topological polar surface area (TPSA) is 58.4 Å². The number of fused-ring (bicyclic) bond motifs is 4. The SMILES string of the molecule is O=[11C](N[C@H]1CN2CCC1CC2)c1cc2ccoc2cn1. The van der Waals surface area contributed by atoms with Crippen LogP contribution in [-0.2, 0) is 0 Å². The first-order chi connectivity index (χ1) is 9.79. The molecule has 1 N–H and O–H groups in total. The number of rotatable bonds is 2. The molecule has 5 nitrogen and oxygen atoms in total. The van der Waals surface area contributed by atoms with Crippen molar-refractivity contribution in [3.63, 3.8) is 0 Å². The molecular formula is C15H17N3O2. The van der Waals surface area contributed by atoms with Crippen LogP contribution in [0.5, 0.6) is 0 Å². The quantitative estimate of drug-likeness (QED) is 0.901. The number of amides is 1. The Morgan fingerprint density at radius 2 is 2.25 bits per heavy atom. The van der Waals surface area contributed by atoms with Gasteiger partial charge in [-0.1, -0.05) is 0 Å². The molecule has 5 heteroatoms. The molecule has 104 valence electrons. The van der Waals surface area contributed by atoms with Gasteiger partial charge in [-0.25, -0.2) is 4.98 Å². The van der Waals surface area contributed by atoms with Crippen LogP contribution < -0.4 is 5.32 Å². The van der Waals surface area contributed by atoms with Crippen LogP contribution in [0.4, 0.5) is 0 Å². The molecule has 3 fully saturated rings. The summed E-state index contributed by atoms with van der Waals surface area (Å²) in [4.78, 5) is 18.9.